The number of carbonyl (C=O) groups is 1. The lowest BCUT2D eigenvalue weighted by Gasteiger charge is -2.07. The van der Waals surface area contributed by atoms with Crippen molar-refractivity contribution in [2.75, 3.05) is 11.9 Å². The Kier molecular flexibility index (Phi) is 5.51. The summed E-state index contributed by atoms with van der Waals surface area (Å²) in [6, 6.07) is 8.11. The molecule has 0 spiro atoms. The van der Waals surface area contributed by atoms with E-state index in [0.29, 0.717) is 0 Å². The summed E-state index contributed by atoms with van der Waals surface area (Å²) >= 11 is 0. The minimum absolute atomic E-state index is 0.169. The molecule has 1 aromatic carbocycles. The Bertz CT molecular complexity index is 595. The van der Waals surface area contributed by atoms with Crippen molar-refractivity contribution in [3.63, 3.8) is 0 Å². The smallest absolute Gasteiger partial charge is 0.244 e. The lowest BCUT2D eigenvalue weighted by Crippen LogP contribution is -2.18. The molecule has 4 nitrogen and oxygen atoms in total. The second-order valence-corrected chi connectivity index (χ2v) is 4.90. The molecule has 0 aliphatic carbocycles. The van der Waals surface area contributed by atoms with Gasteiger partial charge in [-0.2, -0.15) is 0 Å². The predicted molar refractivity (Wildman–Crippen MR) is 81.5 cm³/mol. The van der Waals surface area contributed by atoms with Crippen LogP contribution in [-0.4, -0.2) is 17.0 Å². The summed E-state index contributed by atoms with van der Waals surface area (Å²) in [5, 5.41) is 5.87. The highest BCUT2D eigenvalue weighted by molar-refractivity contribution is 5.90. The van der Waals surface area contributed by atoms with E-state index in [1.54, 1.807) is 22.8 Å². The molecule has 112 valence electrons. The second kappa shape index (κ2) is 7.59. The molecule has 1 heterocycles. The van der Waals surface area contributed by atoms with E-state index >= 15 is 0 Å². The van der Waals surface area contributed by atoms with Crippen LogP contribution in [-0.2, 0) is 17.9 Å². The van der Waals surface area contributed by atoms with Gasteiger partial charge < -0.3 is 15.2 Å². The molecular formula is C16H20FN3O. The van der Waals surface area contributed by atoms with E-state index in [0.717, 1.165) is 25.1 Å². The first kappa shape index (κ1) is 15.3. The highest BCUT2D eigenvalue weighted by atomic mass is 19.1. The Labute approximate surface area is 124 Å². The average Bonchev–Trinajstić information content (AvgIpc) is 2.89. The molecule has 0 bridgehead atoms. The fourth-order valence-electron chi connectivity index (χ4n) is 2.02. The van der Waals surface area contributed by atoms with Crippen molar-refractivity contribution < 1.29 is 9.18 Å². The van der Waals surface area contributed by atoms with Gasteiger partial charge >= 0.3 is 0 Å². The SMILES string of the molecule is CCCNCc1ccn(CC(=O)Nc2ccccc2F)c1. The largest absolute Gasteiger partial charge is 0.345 e. The summed E-state index contributed by atoms with van der Waals surface area (Å²) in [4.78, 5) is 11.9. The van der Waals surface area contributed by atoms with E-state index in [9.17, 15) is 9.18 Å². The van der Waals surface area contributed by atoms with Gasteiger partial charge in [-0.15, -0.1) is 0 Å². The van der Waals surface area contributed by atoms with E-state index in [1.165, 1.54) is 6.07 Å². The lowest BCUT2D eigenvalue weighted by atomic mass is 10.3. The number of anilines is 1. The van der Waals surface area contributed by atoms with Crippen LogP contribution >= 0.6 is 0 Å². The van der Waals surface area contributed by atoms with Crippen LogP contribution in [0.5, 0.6) is 0 Å². The number of carbonyl (C=O) groups excluding carboxylic acids is 1. The zero-order valence-corrected chi connectivity index (χ0v) is 12.1. The van der Waals surface area contributed by atoms with Crippen molar-refractivity contribution in [2.45, 2.75) is 26.4 Å². The number of para-hydroxylation sites is 1. The number of halogens is 1. The van der Waals surface area contributed by atoms with E-state index < -0.39 is 5.82 Å². The highest BCUT2D eigenvalue weighted by Crippen LogP contribution is 2.12. The molecule has 1 aromatic heterocycles. The highest BCUT2D eigenvalue weighted by Gasteiger charge is 2.07. The third kappa shape index (κ3) is 4.72. The first-order valence-corrected chi connectivity index (χ1v) is 7.09. The van der Waals surface area contributed by atoms with E-state index in [-0.39, 0.29) is 18.1 Å². The maximum Gasteiger partial charge on any atom is 0.244 e. The van der Waals surface area contributed by atoms with E-state index in [2.05, 4.69) is 17.6 Å². The Balaban J connectivity index is 1.87. The molecule has 0 saturated carbocycles. The number of benzene rings is 1. The number of rotatable bonds is 7. The molecule has 0 radical (unpaired) electrons. The number of nitrogens with zero attached hydrogens (tertiary/aromatic N) is 1. The van der Waals surface area contributed by atoms with Crippen LogP contribution in [0.4, 0.5) is 10.1 Å². The van der Waals surface area contributed by atoms with E-state index in [1.807, 2.05) is 18.5 Å². The van der Waals surface area contributed by atoms with Crippen molar-refractivity contribution in [1.82, 2.24) is 9.88 Å². The molecule has 0 fully saturated rings. The molecular weight excluding hydrogens is 269 g/mol. The molecule has 0 aliphatic heterocycles. The average molecular weight is 289 g/mol. The fraction of sp³-hybridized carbons (Fsp3) is 0.312. The first-order valence-electron chi connectivity index (χ1n) is 7.09. The van der Waals surface area contributed by atoms with Crippen LogP contribution in [0.2, 0.25) is 0 Å². The van der Waals surface area contributed by atoms with Gasteiger partial charge in [-0.1, -0.05) is 19.1 Å². The molecule has 1 amide bonds. The fourth-order valence-corrected chi connectivity index (χ4v) is 2.02. The predicted octanol–water partition coefficient (Wildman–Crippen LogP) is 2.77. The molecule has 0 atom stereocenters. The number of amides is 1. The molecule has 21 heavy (non-hydrogen) atoms. The van der Waals surface area contributed by atoms with Gasteiger partial charge in [-0.05, 0) is 36.7 Å². The van der Waals surface area contributed by atoms with Crippen molar-refractivity contribution in [2.24, 2.45) is 0 Å². The summed E-state index contributed by atoms with van der Waals surface area (Å²) < 4.78 is 15.2. The molecule has 2 N–H and O–H groups in total. The normalized spacial score (nSPS) is 10.6. The van der Waals surface area contributed by atoms with Crippen LogP contribution in [0, 0.1) is 5.82 Å². The van der Waals surface area contributed by atoms with Gasteiger partial charge in [-0.3, -0.25) is 4.79 Å². The maximum atomic E-state index is 13.4. The summed E-state index contributed by atoms with van der Waals surface area (Å²) in [6.07, 6.45) is 4.86. The standard InChI is InChI=1S/C16H20FN3O/c1-2-8-18-10-13-7-9-20(11-13)12-16(21)19-15-6-4-3-5-14(15)17/h3-7,9,11,18H,2,8,10,12H2,1H3,(H,19,21). The zero-order valence-electron chi connectivity index (χ0n) is 12.1. The Morgan fingerprint density at radius 1 is 1.29 bits per heavy atom. The van der Waals surface area contributed by atoms with Crippen molar-refractivity contribution in [3.05, 3.63) is 54.1 Å². The van der Waals surface area contributed by atoms with Gasteiger partial charge in [0.15, 0.2) is 0 Å². The monoisotopic (exact) mass is 289 g/mol. The minimum Gasteiger partial charge on any atom is -0.345 e. The van der Waals surface area contributed by atoms with Gasteiger partial charge in [0.25, 0.3) is 0 Å². The Morgan fingerprint density at radius 2 is 2.10 bits per heavy atom. The lowest BCUT2D eigenvalue weighted by molar-refractivity contribution is -0.116. The molecule has 0 unspecified atom stereocenters. The minimum atomic E-state index is -0.428. The van der Waals surface area contributed by atoms with Crippen molar-refractivity contribution >= 4 is 11.6 Å². The topological polar surface area (TPSA) is 46.1 Å². The van der Waals surface area contributed by atoms with Gasteiger partial charge in [-0.25, -0.2) is 4.39 Å². The number of hydrogen-bond donors (Lipinski definition) is 2. The van der Waals surface area contributed by atoms with Crippen molar-refractivity contribution in [1.29, 1.82) is 0 Å². The van der Waals surface area contributed by atoms with Gasteiger partial charge in [0.05, 0.1) is 5.69 Å². The van der Waals surface area contributed by atoms with Gasteiger partial charge in [0, 0.05) is 18.9 Å². The molecule has 5 heteroatoms. The molecule has 0 saturated heterocycles. The van der Waals surface area contributed by atoms with Crippen LogP contribution in [0.3, 0.4) is 0 Å². The zero-order chi connectivity index (χ0) is 15.1. The molecule has 2 aromatic rings. The van der Waals surface area contributed by atoms with Gasteiger partial charge in [0.2, 0.25) is 5.91 Å². The first-order chi connectivity index (χ1) is 10.2. The van der Waals surface area contributed by atoms with Crippen LogP contribution in [0.15, 0.2) is 42.7 Å². The summed E-state index contributed by atoms with van der Waals surface area (Å²) in [5.41, 5.74) is 1.33. The third-order valence-electron chi connectivity index (χ3n) is 3.04. The van der Waals surface area contributed by atoms with E-state index in [4.69, 9.17) is 0 Å². The van der Waals surface area contributed by atoms with Gasteiger partial charge in [0.1, 0.15) is 12.4 Å². The van der Waals surface area contributed by atoms with Crippen LogP contribution in [0.25, 0.3) is 0 Å². The number of aromatic nitrogens is 1. The van der Waals surface area contributed by atoms with Crippen molar-refractivity contribution in [3.8, 4) is 0 Å². The van der Waals surface area contributed by atoms with Crippen LogP contribution < -0.4 is 10.6 Å². The Hall–Kier alpha value is -2.14. The second-order valence-electron chi connectivity index (χ2n) is 4.90. The summed E-state index contributed by atoms with van der Waals surface area (Å²) in [7, 11) is 0. The number of nitrogens with one attached hydrogen (secondary N) is 2. The summed E-state index contributed by atoms with van der Waals surface area (Å²) in [6.45, 7) is 4.04. The third-order valence-corrected chi connectivity index (χ3v) is 3.04. The summed E-state index contributed by atoms with van der Waals surface area (Å²) in [5.74, 6) is -0.674. The Morgan fingerprint density at radius 3 is 2.86 bits per heavy atom. The molecule has 2 rings (SSSR count). The quantitative estimate of drug-likeness (QED) is 0.770. The maximum absolute atomic E-state index is 13.4. The number of hydrogen-bond acceptors (Lipinski definition) is 2. The van der Waals surface area contributed by atoms with Crippen LogP contribution in [0.1, 0.15) is 18.9 Å². The molecule has 0 aliphatic rings.